The number of aromatic nitrogens is 4. The fraction of sp³-hybridized carbons (Fsp3) is 0.150. The molecular formula is C20H14F3N5O3S. The largest absolute Gasteiger partial charge is 0.455 e. The number of hydrogen-bond acceptors (Lipinski definition) is 8. The molecule has 3 aromatic heterocycles. The van der Waals surface area contributed by atoms with Gasteiger partial charge in [0.05, 0.1) is 5.56 Å². The molecule has 164 valence electrons. The fourth-order valence-corrected chi connectivity index (χ4v) is 3.66. The van der Waals surface area contributed by atoms with Crippen LogP contribution in [0.25, 0.3) is 4.96 Å². The number of carbonyl (C=O) groups is 1. The predicted molar refractivity (Wildman–Crippen MR) is 110 cm³/mol. The second kappa shape index (κ2) is 8.38. The van der Waals surface area contributed by atoms with Crippen LogP contribution in [-0.4, -0.2) is 25.6 Å². The normalized spacial score (nSPS) is 11.5. The number of alkyl halides is 3. The van der Waals surface area contributed by atoms with E-state index >= 15 is 0 Å². The molecule has 0 saturated heterocycles. The van der Waals surface area contributed by atoms with Gasteiger partial charge in [-0.05, 0) is 37.3 Å². The number of ether oxygens (including phenoxy) is 1. The summed E-state index contributed by atoms with van der Waals surface area (Å²) in [7, 11) is 0. The average Bonchev–Trinajstić information content (AvgIpc) is 3.15. The lowest BCUT2D eigenvalue weighted by Gasteiger charge is -2.12. The van der Waals surface area contributed by atoms with Crippen molar-refractivity contribution in [2.24, 2.45) is 0 Å². The van der Waals surface area contributed by atoms with Gasteiger partial charge in [0.15, 0.2) is 5.01 Å². The Morgan fingerprint density at radius 2 is 2.03 bits per heavy atom. The van der Waals surface area contributed by atoms with Crippen LogP contribution in [0.2, 0.25) is 0 Å². The van der Waals surface area contributed by atoms with E-state index in [0.717, 1.165) is 28.0 Å². The molecule has 0 amide bonds. The maximum atomic E-state index is 13.0. The van der Waals surface area contributed by atoms with Gasteiger partial charge < -0.3 is 10.1 Å². The molecule has 0 atom stereocenters. The third-order valence-electron chi connectivity index (χ3n) is 4.22. The molecule has 32 heavy (non-hydrogen) atoms. The molecule has 12 heteroatoms. The van der Waals surface area contributed by atoms with Gasteiger partial charge >= 0.3 is 12.1 Å². The first-order chi connectivity index (χ1) is 15.2. The lowest BCUT2D eigenvalue weighted by atomic mass is 10.2. The maximum Gasteiger partial charge on any atom is 0.416 e. The third-order valence-corrected chi connectivity index (χ3v) is 5.10. The number of nitrogens with zero attached hydrogens (tertiary/aromatic N) is 4. The highest BCUT2D eigenvalue weighted by molar-refractivity contribution is 7.16. The van der Waals surface area contributed by atoms with Crippen molar-refractivity contribution in [2.75, 3.05) is 5.32 Å². The summed E-state index contributed by atoms with van der Waals surface area (Å²) in [6, 6.07) is 8.79. The molecule has 0 spiro atoms. The van der Waals surface area contributed by atoms with Crippen LogP contribution < -0.4 is 10.9 Å². The van der Waals surface area contributed by atoms with Crippen molar-refractivity contribution in [3.63, 3.8) is 0 Å². The number of fused-ring (bicyclic) bond motifs is 1. The van der Waals surface area contributed by atoms with E-state index in [1.54, 1.807) is 6.92 Å². The topological polar surface area (TPSA) is 98.5 Å². The van der Waals surface area contributed by atoms with Crippen LogP contribution in [0.4, 0.5) is 24.7 Å². The minimum Gasteiger partial charge on any atom is -0.455 e. The summed E-state index contributed by atoms with van der Waals surface area (Å²) in [6.07, 6.45) is -3.11. The summed E-state index contributed by atoms with van der Waals surface area (Å²) in [6.45, 7) is 1.46. The van der Waals surface area contributed by atoms with Crippen molar-refractivity contribution in [1.82, 2.24) is 19.6 Å². The van der Waals surface area contributed by atoms with E-state index < -0.39 is 17.7 Å². The zero-order chi connectivity index (χ0) is 22.9. The second-order valence-electron chi connectivity index (χ2n) is 6.61. The Labute approximate surface area is 182 Å². The minimum absolute atomic E-state index is 0.0251. The fourth-order valence-electron chi connectivity index (χ4n) is 2.80. The lowest BCUT2D eigenvalue weighted by molar-refractivity contribution is -0.137. The number of esters is 1. The van der Waals surface area contributed by atoms with Crippen LogP contribution in [0.1, 0.15) is 26.6 Å². The monoisotopic (exact) mass is 461 g/mol. The Balaban J connectivity index is 1.52. The Hall–Kier alpha value is -3.80. The highest BCUT2D eigenvalue weighted by atomic mass is 32.1. The highest BCUT2D eigenvalue weighted by Crippen LogP contribution is 2.31. The lowest BCUT2D eigenvalue weighted by Crippen LogP contribution is -2.14. The Morgan fingerprint density at radius 3 is 2.81 bits per heavy atom. The van der Waals surface area contributed by atoms with Crippen LogP contribution in [0.5, 0.6) is 0 Å². The van der Waals surface area contributed by atoms with Gasteiger partial charge in [0.2, 0.25) is 4.96 Å². The first-order valence-corrected chi connectivity index (χ1v) is 9.95. The molecule has 0 aliphatic heterocycles. The summed E-state index contributed by atoms with van der Waals surface area (Å²) in [5.74, 6) is -0.724. The summed E-state index contributed by atoms with van der Waals surface area (Å²) in [4.78, 5) is 33.2. The SMILES string of the molecule is Cc1cc(=O)n2nc(COC(=O)c3cccnc3Nc3cccc(C(F)(F)F)c3)sc2n1. The van der Waals surface area contributed by atoms with Crippen LogP contribution in [-0.2, 0) is 17.5 Å². The van der Waals surface area contributed by atoms with Gasteiger partial charge in [-0.15, -0.1) is 0 Å². The van der Waals surface area contributed by atoms with E-state index in [9.17, 15) is 22.8 Å². The molecule has 0 saturated carbocycles. The number of anilines is 2. The zero-order valence-electron chi connectivity index (χ0n) is 16.4. The summed E-state index contributed by atoms with van der Waals surface area (Å²) in [5.41, 5.74) is -0.502. The van der Waals surface area contributed by atoms with Crippen LogP contribution in [0.3, 0.4) is 0 Å². The van der Waals surface area contributed by atoms with Gasteiger partial charge in [0.25, 0.3) is 5.56 Å². The van der Waals surface area contributed by atoms with Crippen molar-refractivity contribution in [2.45, 2.75) is 19.7 Å². The van der Waals surface area contributed by atoms with E-state index in [1.807, 2.05) is 0 Å². The third kappa shape index (κ3) is 4.59. The Morgan fingerprint density at radius 1 is 1.22 bits per heavy atom. The molecule has 0 radical (unpaired) electrons. The van der Waals surface area contributed by atoms with Crippen molar-refractivity contribution in [3.8, 4) is 0 Å². The molecule has 0 bridgehead atoms. The van der Waals surface area contributed by atoms with E-state index in [2.05, 4.69) is 20.4 Å². The number of halogens is 3. The van der Waals surface area contributed by atoms with Crippen LogP contribution >= 0.6 is 11.3 Å². The number of aryl methyl sites for hydroxylation is 1. The van der Waals surface area contributed by atoms with Crippen LogP contribution in [0.15, 0.2) is 53.5 Å². The van der Waals surface area contributed by atoms with Crippen LogP contribution in [0, 0.1) is 6.92 Å². The standard InChI is InChI=1S/C20H14F3N5O3S/c1-11-8-16(29)28-19(25-11)32-15(27-28)10-31-18(30)14-6-3-7-24-17(14)26-13-5-2-4-12(9-13)20(21,22)23/h2-9H,10H2,1H3,(H,24,26). The number of benzene rings is 1. The second-order valence-corrected chi connectivity index (χ2v) is 7.65. The summed E-state index contributed by atoms with van der Waals surface area (Å²) >= 11 is 1.10. The number of rotatable bonds is 5. The number of carbonyl (C=O) groups excluding carboxylic acids is 1. The molecule has 0 unspecified atom stereocenters. The quantitative estimate of drug-likeness (QED) is 0.449. The first kappa shape index (κ1) is 21.4. The van der Waals surface area contributed by atoms with Crippen molar-refractivity contribution in [3.05, 3.63) is 80.8 Å². The van der Waals surface area contributed by atoms with Gasteiger partial charge in [-0.1, -0.05) is 17.4 Å². The number of hydrogen-bond donors (Lipinski definition) is 1. The smallest absolute Gasteiger partial charge is 0.416 e. The molecule has 0 aliphatic rings. The molecule has 1 N–H and O–H groups in total. The van der Waals surface area contributed by atoms with Gasteiger partial charge in [-0.3, -0.25) is 4.79 Å². The van der Waals surface area contributed by atoms with Crippen molar-refractivity contribution in [1.29, 1.82) is 0 Å². The predicted octanol–water partition coefficient (Wildman–Crippen LogP) is 3.97. The number of pyridine rings is 1. The zero-order valence-corrected chi connectivity index (χ0v) is 17.2. The molecular weight excluding hydrogens is 447 g/mol. The molecule has 3 heterocycles. The van der Waals surface area contributed by atoms with Gasteiger partial charge in [-0.25, -0.2) is 14.8 Å². The molecule has 4 rings (SSSR count). The van der Waals surface area contributed by atoms with Crippen molar-refractivity contribution < 1.29 is 22.7 Å². The first-order valence-electron chi connectivity index (χ1n) is 9.13. The highest BCUT2D eigenvalue weighted by Gasteiger charge is 2.30. The maximum absolute atomic E-state index is 13.0. The minimum atomic E-state index is -4.50. The van der Waals surface area contributed by atoms with Crippen molar-refractivity contribution >= 4 is 33.8 Å². The van der Waals surface area contributed by atoms with E-state index in [-0.39, 0.29) is 29.2 Å². The van der Waals surface area contributed by atoms with E-state index in [0.29, 0.717) is 15.7 Å². The molecule has 1 aromatic carbocycles. The number of nitrogens with one attached hydrogen (secondary N) is 1. The van der Waals surface area contributed by atoms with Gasteiger partial charge in [0.1, 0.15) is 18.0 Å². The van der Waals surface area contributed by atoms with E-state index in [4.69, 9.17) is 4.74 Å². The molecule has 8 nitrogen and oxygen atoms in total. The average molecular weight is 461 g/mol. The molecule has 0 aliphatic carbocycles. The molecule has 0 fully saturated rings. The van der Waals surface area contributed by atoms with Gasteiger partial charge in [-0.2, -0.15) is 22.8 Å². The Bertz CT molecular complexity index is 1370. The summed E-state index contributed by atoms with van der Waals surface area (Å²) < 4.78 is 45.2. The molecule has 4 aromatic rings. The van der Waals surface area contributed by atoms with Gasteiger partial charge in [0, 0.05) is 23.6 Å². The van der Waals surface area contributed by atoms with E-state index in [1.165, 1.54) is 36.5 Å². The summed E-state index contributed by atoms with van der Waals surface area (Å²) in [5, 5.41) is 7.16. The Kier molecular flexibility index (Phi) is 5.61.